The Morgan fingerprint density at radius 1 is 1.50 bits per heavy atom. The van der Waals surface area contributed by atoms with E-state index in [-0.39, 0.29) is 12.1 Å². The maximum Gasteiger partial charge on any atom is 0.329 e. The van der Waals surface area contributed by atoms with Gasteiger partial charge in [-0.1, -0.05) is 20.3 Å². The molecule has 0 aliphatic carbocycles. The van der Waals surface area contributed by atoms with Crippen molar-refractivity contribution < 1.29 is 4.79 Å². The number of unbranched alkanes of at least 4 members (excludes halogenated alkanes) is 1. The highest BCUT2D eigenvalue weighted by Gasteiger charge is 2.19. The van der Waals surface area contributed by atoms with Crippen LogP contribution in [0.4, 0.5) is 4.79 Å². The molecule has 0 aliphatic heterocycles. The van der Waals surface area contributed by atoms with Crippen LogP contribution in [0.5, 0.6) is 0 Å². The van der Waals surface area contributed by atoms with E-state index in [0.29, 0.717) is 0 Å². The van der Waals surface area contributed by atoms with Crippen molar-refractivity contribution in [2.45, 2.75) is 46.1 Å². The Kier molecular flexibility index (Phi) is 5.02. The third-order valence-electron chi connectivity index (χ3n) is 2.85. The van der Waals surface area contributed by atoms with Gasteiger partial charge in [0.15, 0.2) is 0 Å². The van der Waals surface area contributed by atoms with E-state index in [2.05, 4.69) is 25.8 Å². The molecule has 16 heavy (non-hydrogen) atoms. The zero-order valence-electron chi connectivity index (χ0n) is 10.4. The second-order valence-corrected chi connectivity index (χ2v) is 4.06. The Labute approximate surface area is 97.3 Å². The van der Waals surface area contributed by atoms with Gasteiger partial charge in [-0.2, -0.15) is 0 Å². The number of carbonyl (C=O) groups excluding carboxylic acids is 1. The topological polar surface area (TPSA) is 38.1 Å². The van der Waals surface area contributed by atoms with Gasteiger partial charge in [-0.3, -0.25) is 4.57 Å². The zero-order chi connectivity index (χ0) is 12.0. The van der Waals surface area contributed by atoms with Crippen molar-refractivity contribution >= 4 is 6.03 Å². The van der Waals surface area contributed by atoms with E-state index < -0.39 is 0 Å². The quantitative estimate of drug-likeness (QED) is 0.769. The second kappa shape index (κ2) is 6.30. The Balaban J connectivity index is 2.71. The summed E-state index contributed by atoms with van der Waals surface area (Å²) in [6, 6.07) is 0.307. The van der Waals surface area contributed by atoms with Crippen LogP contribution in [-0.2, 0) is 0 Å². The number of rotatable bonds is 5. The van der Waals surface area contributed by atoms with Crippen molar-refractivity contribution in [3.05, 3.63) is 18.7 Å². The number of hydrogen-bond donors (Lipinski definition) is 0. The van der Waals surface area contributed by atoms with Gasteiger partial charge in [0.1, 0.15) is 6.33 Å². The minimum atomic E-state index is 0.0281. The average Bonchev–Trinajstić information content (AvgIpc) is 2.82. The molecule has 0 bridgehead atoms. The lowest BCUT2D eigenvalue weighted by Crippen LogP contribution is -2.41. The summed E-state index contributed by atoms with van der Waals surface area (Å²) in [7, 11) is 0. The first kappa shape index (κ1) is 12.7. The minimum Gasteiger partial charge on any atom is -0.321 e. The zero-order valence-corrected chi connectivity index (χ0v) is 10.4. The lowest BCUT2D eigenvalue weighted by atomic mass is 10.2. The fourth-order valence-corrected chi connectivity index (χ4v) is 1.57. The molecule has 0 saturated carbocycles. The van der Waals surface area contributed by atoms with Crippen LogP contribution in [0.15, 0.2) is 18.7 Å². The van der Waals surface area contributed by atoms with Gasteiger partial charge < -0.3 is 4.90 Å². The fraction of sp³-hybridized carbons (Fsp3) is 0.667. The van der Waals surface area contributed by atoms with Gasteiger partial charge in [0, 0.05) is 25.0 Å². The number of imidazole rings is 1. The van der Waals surface area contributed by atoms with Gasteiger partial charge in [-0.25, -0.2) is 9.78 Å². The predicted molar refractivity (Wildman–Crippen MR) is 64.4 cm³/mol. The summed E-state index contributed by atoms with van der Waals surface area (Å²) in [6.45, 7) is 7.15. The van der Waals surface area contributed by atoms with Crippen LogP contribution >= 0.6 is 0 Å². The molecule has 0 fully saturated rings. The average molecular weight is 223 g/mol. The van der Waals surface area contributed by atoms with Crippen LogP contribution in [0.3, 0.4) is 0 Å². The molecule has 90 valence electrons. The van der Waals surface area contributed by atoms with E-state index in [1.807, 2.05) is 4.90 Å². The summed E-state index contributed by atoms with van der Waals surface area (Å²) >= 11 is 0. The van der Waals surface area contributed by atoms with E-state index >= 15 is 0 Å². The van der Waals surface area contributed by atoms with E-state index in [9.17, 15) is 4.79 Å². The molecule has 0 saturated heterocycles. The summed E-state index contributed by atoms with van der Waals surface area (Å²) in [5.74, 6) is 0. The van der Waals surface area contributed by atoms with Crippen LogP contribution in [0.2, 0.25) is 0 Å². The van der Waals surface area contributed by atoms with Crippen LogP contribution in [0.25, 0.3) is 0 Å². The first-order valence-electron chi connectivity index (χ1n) is 5.99. The first-order chi connectivity index (χ1) is 7.70. The summed E-state index contributed by atoms with van der Waals surface area (Å²) in [4.78, 5) is 18.0. The number of aromatic nitrogens is 2. The highest BCUT2D eigenvalue weighted by atomic mass is 16.2. The molecule has 1 aromatic heterocycles. The third kappa shape index (κ3) is 3.08. The Morgan fingerprint density at radius 2 is 2.25 bits per heavy atom. The van der Waals surface area contributed by atoms with Gasteiger partial charge in [0.2, 0.25) is 0 Å². The summed E-state index contributed by atoms with van der Waals surface area (Å²) in [6.07, 6.45) is 8.01. The van der Waals surface area contributed by atoms with E-state index in [1.165, 1.54) is 0 Å². The highest BCUT2D eigenvalue weighted by molar-refractivity contribution is 5.76. The largest absolute Gasteiger partial charge is 0.329 e. The molecule has 1 rings (SSSR count). The molecular formula is C12H21N3O. The second-order valence-electron chi connectivity index (χ2n) is 4.06. The standard InChI is InChI=1S/C12H21N3O/c1-4-6-8-15(11(3)5-2)12(16)14-9-7-13-10-14/h7,9-11H,4-6,8H2,1-3H3. The van der Waals surface area contributed by atoms with E-state index in [4.69, 9.17) is 0 Å². The molecule has 1 atom stereocenters. The van der Waals surface area contributed by atoms with Gasteiger partial charge in [0.25, 0.3) is 0 Å². The first-order valence-corrected chi connectivity index (χ1v) is 5.99. The molecule has 0 spiro atoms. The van der Waals surface area contributed by atoms with Crippen molar-refractivity contribution in [3.63, 3.8) is 0 Å². The Morgan fingerprint density at radius 3 is 2.75 bits per heavy atom. The monoisotopic (exact) mass is 223 g/mol. The SMILES string of the molecule is CCCCN(C(=O)n1ccnc1)C(C)CC. The van der Waals surface area contributed by atoms with Crippen molar-refractivity contribution in [1.82, 2.24) is 14.5 Å². The molecule has 4 nitrogen and oxygen atoms in total. The van der Waals surface area contributed by atoms with E-state index in [1.54, 1.807) is 23.3 Å². The van der Waals surface area contributed by atoms with Crippen molar-refractivity contribution in [2.75, 3.05) is 6.54 Å². The fourth-order valence-electron chi connectivity index (χ4n) is 1.57. The van der Waals surface area contributed by atoms with Gasteiger partial charge >= 0.3 is 6.03 Å². The minimum absolute atomic E-state index is 0.0281. The third-order valence-corrected chi connectivity index (χ3v) is 2.85. The van der Waals surface area contributed by atoms with Crippen molar-refractivity contribution in [3.8, 4) is 0 Å². The summed E-state index contributed by atoms with van der Waals surface area (Å²) in [5.41, 5.74) is 0. The molecule has 1 heterocycles. The van der Waals surface area contributed by atoms with Crippen LogP contribution in [0.1, 0.15) is 40.0 Å². The maximum absolute atomic E-state index is 12.2. The molecule has 4 heteroatoms. The van der Waals surface area contributed by atoms with Crippen molar-refractivity contribution in [1.29, 1.82) is 0 Å². The molecule has 1 amide bonds. The Bertz CT molecular complexity index is 308. The predicted octanol–water partition coefficient (Wildman–Crippen LogP) is 2.75. The van der Waals surface area contributed by atoms with Gasteiger partial charge in [-0.05, 0) is 19.8 Å². The van der Waals surface area contributed by atoms with Crippen LogP contribution in [0, 0.1) is 0 Å². The van der Waals surface area contributed by atoms with Gasteiger partial charge in [-0.15, -0.1) is 0 Å². The lowest BCUT2D eigenvalue weighted by molar-refractivity contribution is 0.177. The number of amides is 1. The van der Waals surface area contributed by atoms with E-state index in [0.717, 1.165) is 25.8 Å². The van der Waals surface area contributed by atoms with Crippen LogP contribution < -0.4 is 0 Å². The lowest BCUT2D eigenvalue weighted by Gasteiger charge is -2.28. The smallest absolute Gasteiger partial charge is 0.321 e. The number of nitrogens with zero attached hydrogens (tertiary/aromatic N) is 3. The summed E-state index contributed by atoms with van der Waals surface area (Å²) < 4.78 is 1.54. The molecule has 0 N–H and O–H groups in total. The molecule has 1 aromatic rings. The molecule has 0 radical (unpaired) electrons. The molecule has 1 unspecified atom stereocenters. The Hall–Kier alpha value is -1.32. The van der Waals surface area contributed by atoms with Gasteiger partial charge in [0.05, 0.1) is 0 Å². The maximum atomic E-state index is 12.2. The number of carbonyl (C=O) groups is 1. The van der Waals surface area contributed by atoms with Crippen LogP contribution in [-0.4, -0.2) is 33.1 Å². The molecular weight excluding hydrogens is 202 g/mol. The molecule has 0 aromatic carbocycles. The summed E-state index contributed by atoms with van der Waals surface area (Å²) in [5, 5.41) is 0. The molecule has 0 aliphatic rings. The normalized spacial score (nSPS) is 12.4. The van der Waals surface area contributed by atoms with Crippen molar-refractivity contribution in [2.24, 2.45) is 0 Å². The highest BCUT2D eigenvalue weighted by Crippen LogP contribution is 2.08. The number of hydrogen-bond acceptors (Lipinski definition) is 2.